The van der Waals surface area contributed by atoms with Gasteiger partial charge in [0.1, 0.15) is 6.61 Å². The predicted octanol–water partition coefficient (Wildman–Crippen LogP) is 3.33. The van der Waals surface area contributed by atoms with E-state index in [0.29, 0.717) is 11.3 Å². The fourth-order valence-electron chi connectivity index (χ4n) is 3.41. The Balaban J connectivity index is 1.82. The minimum atomic E-state index is -0.316. The molecule has 120 valence electrons. The molecule has 4 nitrogen and oxygen atoms in total. The molecule has 24 heavy (non-hydrogen) atoms. The van der Waals surface area contributed by atoms with E-state index in [0.717, 1.165) is 16.8 Å². The third-order valence-corrected chi connectivity index (χ3v) is 4.61. The third kappa shape index (κ3) is 2.31. The number of benzene rings is 2. The van der Waals surface area contributed by atoms with Crippen molar-refractivity contribution in [2.75, 3.05) is 11.5 Å². The Labute approximate surface area is 140 Å². The lowest BCUT2D eigenvalue weighted by atomic mass is 9.84. The number of cyclic esters (lactones) is 1. The first kappa shape index (κ1) is 14.7. The lowest BCUT2D eigenvalue weighted by Gasteiger charge is -2.31. The van der Waals surface area contributed by atoms with Crippen LogP contribution in [0, 0.1) is 6.92 Å². The number of esters is 1. The van der Waals surface area contributed by atoms with Crippen LogP contribution in [0.4, 0.5) is 5.69 Å². The minimum Gasteiger partial charge on any atom is -0.456 e. The Kier molecular flexibility index (Phi) is 3.45. The molecule has 0 bridgehead atoms. The van der Waals surface area contributed by atoms with Crippen LogP contribution in [-0.2, 0) is 14.3 Å². The summed E-state index contributed by atoms with van der Waals surface area (Å²) in [5.41, 5.74) is 4.19. The summed E-state index contributed by atoms with van der Waals surface area (Å²) in [6, 6.07) is 17.4. The number of nitrogens with zero attached hydrogens (tertiary/aromatic N) is 1. The molecular formula is C20H17NO3. The highest BCUT2D eigenvalue weighted by Gasteiger charge is 2.42. The molecule has 0 saturated heterocycles. The highest BCUT2D eigenvalue weighted by molar-refractivity contribution is 6.06. The van der Waals surface area contributed by atoms with Crippen LogP contribution in [0.15, 0.2) is 65.9 Å². The molecule has 0 N–H and O–H groups in total. The van der Waals surface area contributed by atoms with Crippen molar-refractivity contribution in [3.8, 4) is 0 Å². The highest BCUT2D eigenvalue weighted by Crippen LogP contribution is 2.41. The average Bonchev–Trinajstić information content (AvgIpc) is 2.97. The van der Waals surface area contributed by atoms with Gasteiger partial charge in [0.25, 0.3) is 0 Å². The second kappa shape index (κ2) is 5.64. The van der Waals surface area contributed by atoms with E-state index in [2.05, 4.69) is 0 Å². The number of carbonyl (C=O) groups excluding carboxylic acids is 2. The van der Waals surface area contributed by atoms with Gasteiger partial charge in [-0.2, -0.15) is 0 Å². The van der Waals surface area contributed by atoms with Crippen LogP contribution >= 0.6 is 0 Å². The monoisotopic (exact) mass is 319 g/mol. The summed E-state index contributed by atoms with van der Waals surface area (Å²) in [6.45, 7) is 2.17. The molecule has 1 amide bonds. The Morgan fingerprint density at radius 1 is 1.00 bits per heavy atom. The lowest BCUT2D eigenvalue weighted by molar-refractivity contribution is -0.136. The molecule has 1 unspecified atom stereocenters. The van der Waals surface area contributed by atoms with Crippen LogP contribution in [0.5, 0.6) is 0 Å². The smallest absolute Gasteiger partial charge is 0.336 e. The Morgan fingerprint density at radius 3 is 2.42 bits per heavy atom. The van der Waals surface area contributed by atoms with Gasteiger partial charge in [-0.05, 0) is 24.6 Å². The van der Waals surface area contributed by atoms with Crippen molar-refractivity contribution >= 4 is 17.6 Å². The van der Waals surface area contributed by atoms with E-state index in [1.54, 1.807) is 4.90 Å². The number of para-hydroxylation sites is 1. The van der Waals surface area contributed by atoms with Gasteiger partial charge >= 0.3 is 5.97 Å². The first-order valence-corrected chi connectivity index (χ1v) is 8.00. The summed E-state index contributed by atoms with van der Waals surface area (Å²) in [7, 11) is 0. The zero-order valence-electron chi connectivity index (χ0n) is 13.4. The van der Waals surface area contributed by atoms with Crippen molar-refractivity contribution < 1.29 is 14.3 Å². The Morgan fingerprint density at radius 2 is 1.71 bits per heavy atom. The van der Waals surface area contributed by atoms with Gasteiger partial charge in [0.2, 0.25) is 5.91 Å². The molecule has 4 rings (SSSR count). The molecule has 0 fully saturated rings. The van der Waals surface area contributed by atoms with Crippen LogP contribution in [0.3, 0.4) is 0 Å². The van der Waals surface area contributed by atoms with Gasteiger partial charge in [-0.25, -0.2) is 4.79 Å². The summed E-state index contributed by atoms with van der Waals surface area (Å²) in [6.07, 6.45) is 0.270. The molecule has 2 aromatic carbocycles. The molecule has 2 aromatic rings. The Bertz CT molecular complexity index is 837. The summed E-state index contributed by atoms with van der Waals surface area (Å²) in [5, 5.41) is 0. The fourth-order valence-corrected chi connectivity index (χ4v) is 3.41. The van der Waals surface area contributed by atoms with Crippen molar-refractivity contribution in [3.05, 3.63) is 77.0 Å². The van der Waals surface area contributed by atoms with Crippen molar-refractivity contribution in [1.82, 2.24) is 0 Å². The number of carbonyl (C=O) groups is 2. The molecule has 2 heterocycles. The van der Waals surface area contributed by atoms with Crippen LogP contribution in [-0.4, -0.2) is 18.5 Å². The molecular weight excluding hydrogens is 302 g/mol. The summed E-state index contributed by atoms with van der Waals surface area (Å²) >= 11 is 0. The van der Waals surface area contributed by atoms with E-state index in [4.69, 9.17) is 4.74 Å². The van der Waals surface area contributed by atoms with Crippen molar-refractivity contribution in [3.63, 3.8) is 0 Å². The predicted molar refractivity (Wildman–Crippen MR) is 90.5 cm³/mol. The maximum Gasteiger partial charge on any atom is 0.336 e. The zero-order chi connectivity index (χ0) is 16.7. The number of anilines is 1. The minimum absolute atomic E-state index is 0.0103. The fraction of sp³-hybridized carbons (Fsp3) is 0.200. The van der Waals surface area contributed by atoms with E-state index < -0.39 is 0 Å². The Hall–Kier alpha value is -2.88. The number of hydrogen-bond donors (Lipinski definition) is 0. The summed E-state index contributed by atoms with van der Waals surface area (Å²) in [5.74, 6) is -0.559. The molecule has 1 atom stereocenters. The van der Waals surface area contributed by atoms with Crippen molar-refractivity contribution in [2.24, 2.45) is 0 Å². The van der Waals surface area contributed by atoms with Gasteiger partial charge in [-0.1, -0.05) is 48.0 Å². The topological polar surface area (TPSA) is 46.6 Å². The van der Waals surface area contributed by atoms with E-state index in [1.165, 1.54) is 0 Å². The maximum atomic E-state index is 12.8. The second-order valence-electron chi connectivity index (χ2n) is 6.17. The van der Waals surface area contributed by atoms with E-state index in [1.807, 2.05) is 61.5 Å². The van der Waals surface area contributed by atoms with Gasteiger partial charge in [0.05, 0.1) is 11.3 Å². The summed E-state index contributed by atoms with van der Waals surface area (Å²) in [4.78, 5) is 26.8. The molecule has 0 saturated carbocycles. The van der Waals surface area contributed by atoms with Crippen molar-refractivity contribution in [2.45, 2.75) is 19.3 Å². The van der Waals surface area contributed by atoms with Gasteiger partial charge in [-0.3, -0.25) is 9.69 Å². The zero-order valence-corrected chi connectivity index (χ0v) is 13.4. The van der Waals surface area contributed by atoms with Crippen LogP contribution in [0.25, 0.3) is 0 Å². The third-order valence-electron chi connectivity index (χ3n) is 4.61. The van der Waals surface area contributed by atoms with E-state index in [9.17, 15) is 9.59 Å². The number of ether oxygens (including phenoxy) is 1. The molecule has 0 aromatic heterocycles. The van der Waals surface area contributed by atoms with Crippen molar-refractivity contribution in [1.29, 1.82) is 0 Å². The van der Waals surface area contributed by atoms with E-state index in [-0.39, 0.29) is 30.8 Å². The second-order valence-corrected chi connectivity index (χ2v) is 6.17. The first-order valence-electron chi connectivity index (χ1n) is 8.00. The van der Waals surface area contributed by atoms with E-state index >= 15 is 0 Å². The first-order chi connectivity index (χ1) is 11.6. The molecule has 4 heteroatoms. The molecule has 2 aliphatic heterocycles. The van der Waals surface area contributed by atoms with Gasteiger partial charge in [0.15, 0.2) is 0 Å². The molecule has 2 aliphatic rings. The lowest BCUT2D eigenvalue weighted by Crippen LogP contribution is -2.37. The number of hydrogen-bond acceptors (Lipinski definition) is 3. The van der Waals surface area contributed by atoms with Crippen LogP contribution in [0.1, 0.15) is 23.5 Å². The van der Waals surface area contributed by atoms with Gasteiger partial charge in [-0.15, -0.1) is 0 Å². The largest absolute Gasteiger partial charge is 0.456 e. The number of rotatable bonds is 2. The van der Waals surface area contributed by atoms with Crippen LogP contribution in [0.2, 0.25) is 0 Å². The van der Waals surface area contributed by atoms with Gasteiger partial charge < -0.3 is 4.74 Å². The maximum absolute atomic E-state index is 12.8. The SMILES string of the molecule is Cc1ccc(C2CC(=O)N(c3ccccc3)C3=C2C(=O)OC3)cc1. The normalized spacial score (nSPS) is 20.2. The quantitative estimate of drug-likeness (QED) is 0.798. The summed E-state index contributed by atoms with van der Waals surface area (Å²) < 4.78 is 5.27. The number of aryl methyl sites for hydroxylation is 1. The standard InChI is InChI=1S/C20H17NO3/c1-13-7-9-14(10-8-13)16-11-18(22)21(15-5-3-2-4-6-15)17-12-24-20(23)19(16)17/h2-10,16H,11-12H2,1H3. The highest BCUT2D eigenvalue weighted by atomic mass is 16.5. The molecule has 0 spiro atoms. The molecule has 0 aliphatic carbocycles. The van der Waals surface area contributed by atoms with Crippen LogP contribution < -0.4 is 4.90 Å². The number of amides is 1. The molecule has 0 radical (unpaired) electrons. The van der Waals surface area contributed by atoms with Gasteiger partial charge in [0, 0.05) is 18.0 Å². The average molecular weight is 319 g/mol.